The maximum atomic E-state index is 11.0. The standard InChI is InChI=1S/C19H31N5O.HI/c1-3-21-19(22-11-8-16-6-4-15(2)5-7-16)23-17-9-12-24(13-10-17)14-18(20)25;/h4-7,17H,3,8-14H2,1-2H3,(H2,20,25)(H2,21,22,23);1H. The summed E-state index contributed by atoms with van der Waals surface area (Å²) in [4.78, 5) is 17.8. The van der Waals surface area contributed by atoms with Gasteiger partial charge in [-0.15, -0.1) is 24.0 Å². The Morgan fingerprint density at radius 3 is 2.50 bits per heavy atom. The van der Waals surface area contributed by atoms with E-state index < -0.39 is 0 Å². The molecule has 0 unspecified atom stereocenters. The van der Waals surface area contributed by atoms with Crippen LogP contribution in [0.3, 0.4) is 0 Å². The minimum Gasteiger partial charge on any atom is -0.369 e. The van der Waals surface area contributed by atoms with Gasteiger partial charge in [0.15, 0.2) is 5.96 Å². The molecular weight excluding hydrogens is 441 g/mol. The van der Waals surface area contributed by atoms with Crippen LogP contribution in [0.1, 0.15) is 30.9 Å². The summed E-state index contributed by atoms with van der Waals surface area (Å²) in [6.07, 6.45) is 2.93. The highest BCUT2D eigenvalue weighted by molar-refractivity contribution is 14.0. The Labute approximate surface area is 174 Å². The molecule has 0 bridgehead atoms. The number of benzene rings is 1. The zero-order chi connectivity index (χ0) is 18.1. The van der Waals surface area contributed by atoms with Crippen molar-refractivity contribution in [1.82, 2.24) is 15.5 Å². The van der Waals surface area contributed by atoms with Gasteiger partial charge in [0.25, 0.3) is 0 Å². The van der Waals surface area contributed by atoms with Crippen LogP contribution in [-0.4, -0.2) is 55.5 Å². The van der Waals surface area contributed by atoms with Crippen LogP contribution in [-0.2, 0) is 11.2 Å². The minimum absolute atomic E-state index is 0. The summed E-state index contributed by atoms with van der Waals surface area (Å²) in [5.41, 5.74) is 7.86. The van der Waals surface area contributed by atoms with E-state index in [1.807, 2.05) is 0 Å². The molecule has 0 aromatic heterocycles. The Hall–Kier alpha value is -1.35. The fourth-order valence-corrected chi connectivity index (χ4v) is 3.02. The van der Waals surface area contributed by atoms with Crippen LogP contribution in [0.2, 0.25) is 0 Å². The van der Waals surface area contributed by atoms with E-state index in [0.717, 1.165) is 51.4 Å². The smallest absolute Gasteiger partial charge is 0.231 e. The van der Waals surface area contributed by atoms with Gasteiger partial charge >= 0.3 is 0 Å². The number of aliphatic imine (C=N–C) groups is 1. The van der Waals surface area contributed by atoms with Crippen molar-refractivity contribution in [2.75, 3.05) is 32.7 Å². The van der Waals surface area contributed by atoms with Gasteiger partial charge in [-0.05, 0) is 38.7 Å². The van der Waals surface area contributed by atoms with Crippen molar-refractivity contribution in [2.24, 2.45) is 10.7 Å². The molecule has 1 fully saturated rings. The lowest BCUT2D eigenvalue weighted by Gasteiger charge is -2.32. The molecule has 1 aliphatic rings. The predicted molar refractivity (Wildman–Crippen MR) is 118 cm³/mol. The van der Waals surface area contributed by atoms with Gasteiger partial charge in [0.1, 0.15) is 0 Å². The molecule has 1 aromatic carbocycles. The number of carbonyl (C=O) groups excluding carboxylic acids is 1. The van der Waals surface area contributed by atoms with Gasteiger partial charge in [-0.3, -0.25) is 14.7 Å². The summed E-state index contributed by atoms with van der Waals surface area (Å²) in [5, 5.41) is 6.84. The molecule has 4 N–H and O–H groups in total. The first-order valence-electron chi connectivity index (χ1n) is 9.18. The highest BCUT2D eigenvalue weighted by atomic mass is 127. The largest absolute Gasteiger partial charge is 0.369 e. The summed E-state index contributed by atoms with van der Waals surface area (Å²) >= 11 is 0. The molecule has 0 radical (unpaired) electrons. The molecule has 0 atom stereocenters. The monoisotopic (exact) mass is 473 g/mol. The number of guanidine groups is 1. The molecule has 7 heteroatoms. The predicted octanol–water partition coefficient (Wildman–Crippen LogP) is 1.66. The number of amides is 1. The number of halogens is 1. The number of rotatable bonds is 7. The lowest BCUT2D eigenvalue weighted by Crippen LogP contribution is -2.49. The number of hydrogen-bond acceptors (Lipinski definition) is 3. The first-order valence-corrected chi connectivity index (χ1v) is 9.18. The quantitative estimate of drug-likeness (QED) is 0.320. The molecule has 2 rings (SSSR count). The Balaban J connectivity index is 0.00000338. The number of primary amides is 1. The number of nitrogens with two attached hydrogens (primary N) is 1. The second-order valence-corrected chi connectivity index (χ2v) is 6.66. The summed E-state index contributed by atoms with van der Waals surface area (Å²) in [6, 6.07) is 9.01. The van der Waals surface area contributed by atoms with Crippen molar-refractivity contribution in [3.8, 4) is 0 Å². The summed E-state index contributed by atoms with van der Waals surface area (Å²) < 4.78 is 0. The number of piperidine rings is 1. The maximum Gasteiger partial charge on any atom is 0.231 e. The van der Waals surface area contributed by atoms with E-state index >= 15 is 0 Å². The van der Waals surface area contributed by atoms with E-state index in [-0.39, 0.29) is 29.9 Å². The summed E-state index contributed by atoms with van der Waals surface area (Å²) in [6.45, 7) is 7.93. The molecule has 6 nitrogen and oxygen atoms in total. The number of likely N-dealkylation sites (tertiary alicyclic amines) is 1. The van der Waals surface area contributed by atoms with Crippen LogP contribution < -0.4 is 16.4 Å². The molecule has 146 valence electrons. The fourth-order valence-electron chi connectivity index (χ4n) is 3.02. The van der Waals surface area contributed by atoms with Gasteiger partial charge in [0.2, 0.25) is 5.91 Å². The van der Waals surface area contributed by atoms with Crippen LogP contribution >= 0.6 is 24.0 Å². The lowest BCUT2D eigenvalue weighted by molar-refractivity contribution is -0.119. The van der Waals surface area contributed by atoms with Gasteiger partial charge in [-0.2, -0.15) is 0 Å². The first-order chi connectivity index (χ1) is 12.1. The number of nitrogens with zero attached hydrogens (tertiary/aromatic N) is 2. The zero-order valence-electron chi connectivity index (χ0n) is 15.8. The van der Waals surface area contributed by atoms with Crippen molar-refractivity contribution in [3.63, 3.8) is 0 Å². The van der Waals surface area contributed by atoms with E-state index in [2.05, 4.69) is 53.6 Å². The van der Waals surface area contributed by atoms with Crippen molar-refractivity contribution in [2.45, 2.75) is 39.2 Å². The third-order valence-corrected chi connectivity index (χ3v) is 4.44. The van der Waals surface area contributed by atoms with E-state index in [9.17, 15) is 4.79 Å². The zero-order valence-corrected chi connectivity index (χ0v) is 18.2. The average Bonchev–Trinajstić information content (AvgIpc) is 2.58. The summed E-state index contributed by atoms with van der Waals surface area (Å²) in [7, 11) is 0. The van der Waals surface area contributed by atoms with Crippen molar-refractivity contribution in [3.05, 3.63) is 35.4 Å². The van der Waals surface area contributed by atoms with E-state index in [1.54, 1.807) is 0 Å². The van der Waals surface area contributed by atoms with Crippen LogP contribution in [0.25, 0.3) is 0 Å². The third-order valence-electron chi connectivity index (χ3n) is 4.44. The molecule has 26 heavy (non-hydrogen) atoms. The molecule has 1 amide bonds. The van der Waals surface area contributed by atoms with Crippen LogP contribution in [0, 0.1) is 6.92 Å². The highest BCUT2D eigenvalue weighted by Crippen LogP contribution is 2.10. The Morgan fingerprint density at radius 2 is 1.92 bits per heavy atom. The first kappa shape index (κ1) is 22.7. The van der Waals surface area contributed by atoms with Crippen molar-refractivity contribution >= 4 is 35.8 Å². The number of carbonyl (C=O) groups is 1. The second-order valence-electron chi connectivity index (χ2n) is 6.66. The fraction of sp³-hybridized carbons (Fsp3) is 0.579. The molecule has 1 heterocycles. The topological polar surface area (TPSA) is 82.8 Å². The molecule has 0 spiro atoms. The van der Waals surface area contributed by atoms with Gasteiger partial charge in [0, 0.05) is 32.2 Å². The van der Waals surface area contributed by atoms with Crippen LogP contribution in [0.4, 0.5) is 0 Å². The SMILES string of the molecule is CCNC(=NCCc1ccc(C)cc1)NC1CCN(CC(N)=O)CC1.I. The van der Waals surface area contributed by atoms with E-state index in [0.29, 0.717) is 12.6 Å². The van der Waals surface area contributed by atoms with Gasteiger partial charge in [0.05, 0.1) is 6.54 Å². The highest BCUT2D eigenvalue weighted by Gasteiger charge is 2.20. The molecule has 0 aliphatic carbocycles. The Bertz CT molecular complexity index is 568. The van der Waals surface area contributed by atoms with Crippen molar-refractivity contribution in [1.29, 1.82) is 0 Å². The normalized spacial score (nSPS) is 16.0. The van der Waals surface area contributed by atoms with Crippen LogP contribution in [0.15, 0.2) is 29.3 Å². The van der Waals surface area contributed by atoms with E-state index in [1.165, 1.54) is 11.1 Å². The second kappa shape index (κ2) is 12.1. The lowest BCUT2D eigenvalue weighted by atomic mass is 10.1. The van der Waals surface area contributed by atoms with Gasteiger partial charge in [-0.1, -0.05) is 29.8 Å². The van der Waals surface area contributed by atoms with E-state index in [4.69, 9.17) is 10.7 Å². The minimum atomic E-state index is -0.252. The van der Waals surface area contributed by atoms with Gasteiger partial charge < -0.3 is 16.4 Å². The van der Waals surface area contributed by atoms with Crippen LogP contribution in [0.5, 0.6) is 0 Å². The third kappa shape index (κ3) is 8.35. The summed E-state index contributed by atoms with van der Waals surface area (Å²) in [5.74, 6) is 0.625. The maximum absolute atomic E-state index is 11.0. The average molecular weight is 473 g/mol. The number of nitrogens with one attached hydrogen (secondary N) is 2. The molecule has 1 saturated heterocycles. The van der Waals surface area contributed by atoms with Gasteiger partial charge in [-0.25, -0.2) is 0 Å². The van der Waals surface area contributed by atoms with Crippen molar-refractivity contribution < 1.29 is 4.79 Å². The number of aryl methyl sites for hydroxylation is 1. The molecule has 1 aromatic rings. The molecule has 1 aliphatic heterocycles. The molecule has 0 saturated carbocycles. The number of hydrogen-bond donors (Lipinski definition) is 3. The Morgan fingerprint density at radius 1 is 1.27 bits per heavy atom. The molecular formula is C19H32IN5O. The Kier molecular flexibility index (Phi) is 10.6.